The number of allylic oxidation sites excluding steroid dienone is 1. The number of nitrogens with zero attached hydrogens (tertiary/aromatic N) is 1. The summed E-state index contributed by atoms with van der Waals surface area (Å²) in [7, 11) is 1.62. The fourth-order valence-electron chi connectivity index (χ4n) is 8.54. The van der Waals surface area contributed by atoms with E-state index in [2.05, 4.69) is 53.6 Å². The molecule has 5 heteroatoms. The first kappa shape index (κ1) is 21.6. The first-order valence-corrected chi connectivity index (χ1v) is 13.3. The van der Waals surface area contributed by atoms with Gasteiger partial charge in [0.05, 0.1) is 11.2 Å². The number of alkyl carbamates (subject to hydrolysis) is 1. The van der Waals surface area contributed by atoms with Gasteiger partial charge in [-0.2, -0.15) is 0 Å². The van der Waals surface area contributed by atoms with Crippen LogP contribution in [0.15, 0.2) is 60.0 Å². The molecule has 1 N–H and O–H groups in total. The normalized spacial score (nSPS) is 39.2. The highest BCUT2D eigenvalue weighted by Gasteiger charge is 2.66. The maximum Gasteiger partial charge on any atom is 0.407 e. The highest BCUT2D eigenvalue weighted by molar-refractivity contribution is 5.82. The van der Waals surface area contributed by atoms with Gasteiger partial charge in [0.1, 0.15) is 6.10 Å². The van der Waals surface area contributed by atoms with Gasteiger partial charge in [-0.25, -0.2) is 4.79 Å². The Morgan fingerprint density at radius 1 is 1.17 bits per heavy atom. The summed E-state index contributed by atoms with van der Waals surface area (Å²) in [5.74, 6) is 1.02. The fourth-order valence-corrected chi connectivity index (χ4v) is 8.54. The molecule has 35 heavy (non-hydrogen) atoms. The minimum Gasteiger partial charge on any atom is -0.446 e. The van der Waals surface area contributed by atoms with Crippen LogP contribution in [-0.2, 0) is 9.47 Å². The van der Waals surface area contributed by atoms with Gasteiger partial charge in [0.25, 0.3) is 0 Å². The molecule has 3 fully saturated rings. The van der Waals surface area contributed by atoms with Crippen molar-refractivity contribution in [1.82, 2.24) is 10.3 Å². The molecule has 6 atom stereocenters. The third kappa shape index (κ3) is 2.97. The highest BCUT2D eigenvalue weighted by atomic mass is 16.6. The van der Waals surface area contributed by atoms with E-state index in [1.165, 1.54) is 40.3 Å². The van der Waals surface area contributed by atoms with E-state index < -0.39 is 0 Å². The average Bonchev–Trinajstić information content (AvgIpc) is 3.38. The van der Waals surface area contributed by atoms with Crippen LogP contribution in [0.25, 0.3) is 10.8 Å². The maximum atomic E-state index is 11.9. The van der Waals surface area contributed by atoms with Crippen molar-refractivity contribution in [2.24, 2.45) is 11.3 Å². The van der Waals surface area contributed by atoms with Crippen molar-refractivity contribution >= 4 is 16.9 Å². The minimum atomic E-state index is -0.336. The number of hydrogen-bond acceptors (Lipinski definition) is 4. The van der Waals surface area contributed by atoms with E-state index in [4.69, 9.17) is 9.47 Å². The Morgan fingerprint density at radius 3 is 2.97 bits per heavy atom. The third-order valence-corrected chi connectivity index (χ3v) is 10.2. The molecule has 2 spiro atoms. The molecule has 3 heterocycles. The van der Waals surface area contributed by atoms with Crippen LogP contribution in [0.5, 0.6) is 0 Å². The molecule has 0 radical (unpaired) electrons. The topological polar surface area (TPSA) is 60.5 Å². The van der Waals surface area contributed by atoms with E-state index >= 15 is 0 Å². The fraction of sp³-hybridized carbons (Fsp3) is 0.533. The van der Waals surface area contributed by atoms with Crippen molar-refractivity contribution in [1.29, 1.82) is 0 Å². The van der Waals surface area contributed by atoms with Gasteiger partial charge in [0.2, 0.25) is 0 Å². The zero-order chi connectivity index (χ0) is 23.8. The molecule has 1 aromatic heterocycles. The number of nitrogens with one attached hydrogen (secondary N) is 1. The van der Waals surface area contributed by atoms with Gasteiger partial charge in [0, 0.05) is 31.2 Å². The molecule has 1 saturated heterocycles. The average molecular weight is 471 g/mol. The largest absolute Gasteiger partial charge is 0.446 e. The van der Waals surface area contributed by atoms with E-state index in [0.717, 1.165) is 38.5 Å². The molecule has 1 aromatic carbocycles. The number of rotatable bonds is 2. The summed E-state index contributed by atoms with van der Waals surface area (Å²) in [6.45, 7) is 2.51. The second-order valence-corrected chi connectivity index (χ2v) is 11.7. The minimum absolute atomic E-state index is 0.0784. The summed E-state index contributed by atoms with van der Waals surface area (Å²) in [6, 6.07) is 9.07. The van der Waals surface area contributed by atoms with Crippen LogP contribution >= 0.6 is 0 Å². The number of hydrogen-bond donors (Lipinski definition) is 1. The van der Waals surface area contributed by atoms with Gasteiger partial charge in [-0.1, -0.05) is 31.2 Å². The van der Waals surface area contributed by atoms with E-state index in [9.17, 15) is 4.79 Å². The number of carbonyl (C=O) groups excluding carboxylic acids is 1. The van der Waals surface area contributed by atoms with Crippen LogP contribution in [0.1, 0.15) is 69.8 Å². The van der Waals surface area contributed by atoms with Crippen LogP contribution in [0.3, 0.4) is 0 Å². The Morgan fingerprint density at radius 2 is 2.09 bits per heavy atom. The molecule has 1 unspecified atom stereocenters. The summed E-state index contributed by atoms with van der Waals surface area (Å²) < 4.78 is 13.0. The zero-order valence-corrected chi connectivity index (χ0v) is 20.7. The van der Waals surface area contributed by atoms with Crippen molar-refractivity contribution in [3.8, 4) is 0 Å². The van der Waals surface area contributed by atoms with Crippen molar-refractivity contribution < 1.29 is 14.3 Å². The molecule has 2 aromatic rings. The zero-order valence-electron chi connectivity index (χ0n) is 20.7. The molecular formula is C30H34N2O3. The van der Waals surface area contributed by atoms with E-state index in [-0.39, 0.29) is 28.8 Å². The van der Waals surface area contributed by atoms with E-state index in [0.29, 0.717) is 11.8 Å². The van der Waals surface area contributed by atoms with Crippen LogP contribution in [-0.4, -0.2) is 35.4 Å². The first-order valence-electron chi connectivity index (χ1n) is 13.3. The smallest absolute Gasteiger partial charge is 0.407 e. The molecular weight excluding hydrogens is 436 g/mol. The SMILES string of the molecule is CNC(=O)O[C@H]1CCC2=CC3=CC[C@]4(C)C(c5ccc6ccncc6c5)CC[C@H]4[C@@]34CC[C@]2(C1)O4. The third-order valence-electron chi connectivity index (χ3n) is 10.2. The molecule has 2 saturated carbocycles. The number of carbonyl (C=O) groups is 1. The molecule has 2 aliphatic heterocycles. The van der Waals surface area contributed by atoms with E-state index in [1.54, 1.807) is 7.05 Å². The lowest BCUT2D eigenvalue weighted by molar-refractivity contribution is -0.144. The summed E-state index contributed by atoms with van der Waals surface area (Å²) in [5.41, 5.74) is 4.01. The lowest BCUT2D eigenvalue weighted by atomic mass is 9.58. The van der Waals surface area contributed by atoms with Crippen molar-refractivity contribution in [3.63, 3.8) is 0 Å². The van der Waals surface area contributed by atoms with Crippen LogP contribution in [0.4, 0.5) is 4.79 Å². The quantitative estimate of drug-likeness (QED) is 0.568. The molecule has 182 valence electrons. The Labute approximate surface area is 207 Å². The van der Waals surface area contributed by atoms with Gasteiger partial charge < -0.3 is 14.8 Å². The van der Waals surface area contributed by atoms with Crippen LogP contribution < -0.4 is 5.32 Å². The second kappa shape index (κ2) is 7.42. The number of amides is 1. The molecule has 5 nitrogen and oxygen atoms in total. The number of pyridine rings is 1. The van der Waals surface area contributed by atoms with Gasteiger partial charge in [0.15, 0.2) is 0 Å². The highest BCUT2D eigenvalue weighted by Crippen LogP contribution is 2.69. The summed E-state index contributed by atoms with van der Waals surface area (Å²) in [5, 5.41) is 5.09. The predicted molar refractivity (Wildman–Crippen MR) is 135 cm³/mol. The number of benzene rings is 1. The molecule has 1 amide bonds. The Kier molecular flexibility index (Phi) is 4.58. The van der Waals surface area contributed by atoms with Crippen molar-refractivity contribution in [2.45, 2.75) is 81.5 Å². The van der Waals surface area contributed by atoms with Gasteiger partial charge in [-0.3, -0.25) is 4.98 Å². The Balaban J connectivity index is 1.23. The van der Waals surface area contributed by atoms with Crippen molar-refractivity contribution in [3.05, 3.63) is 65.5 Å². The first-order chi connectivity index (χ1) is 17.0. The van der Waals surface area contributed by atoms with Crippen LogP contribution in [0.2, 0.25) is 0 Å². The lowest BCUT2D eigenvalue weighted by Crippen LogP contribution is -2.54. The van der Waals surface area contributed by atoms with Gasteiger partial charge in [-0.05, 0) is 96.4 Å². The molecule has 5 aliphatic rings. The molecule has 3 aliphatic carbocycles. The predicted octanol–water partition coefficient (Wildman–Crippen LogP) is 6.20. The monoisotopic (exact) mass is 470 g/mol. The van der Waals surface area contributed by atoms with Gasteiger partial charge in [-0.15, -0.1) is 0 Å². The number of ether oxygens (including phenoxy) is 2. The number of fused-ring (bicyclic) bond motifs is 2. The molecule has 7 rings (SSSR count). The van der Waals surface area contributed by atoms with E-state index in [1.807, 2.05) is 12.4 Å². The van der Waals surface area contributed by atoms with Crippen molar-refractivity contribution in [2.75, 3.05) is 7.05 Å². The van der Waals surface area contributed by atoms with Gasteiger partial charge >= 0.3 is 6.09 Å². The second-order valence-electron chi connectivity index (χ2n) is 11.7. The van der Waals surface area contributed by atoms with Crippen LogP contribution in [0, 0.1) is 11.3 Å². The summed E-state index contributed by atoms with van der Waals surface area (Å²) in [6.07, 6.45) is 16.7. The standard InChI is InChI=1S/C30H34N2O3/c1-28-11-9-23-16-22-5-6-24(34-27(33)31-2)17-29(22)12-13-30(23,35-29)26(28)8-7-25(28)20-4-3-19-10-14-32-18-21(19)15-20/h3-4,9-10,14-16,18,24-26H,5-8,11-13,17H2,1-2H3,(H,31,33)/t24-,25?,26+,28+,29+,30+/m0/s1. The summed E-state index contributed by atoms with van der Waals surface area (Å²) in [4.78, 5) is 16.3. The lowest BCUT2D eigenvalue weighted by Gasteiger charge is -2.54. The Hall–Kier alpha value is -2.66. The maximum absolute atomic E-state index is 11.9. The summed E-state index contributed by atoms with van der Waals surface area (Å²) >= 11 is 0. The molecule has 2 bridgehead atoms. The number of aromatic nitrogens is 1. The Bertz CT molecular complexity index is 1280.